The molecule has 2 fully saturated rings. The molecule has 0 spiro atoms. The standard InChI is InChI=1S/C14H25NO3/c1-4-12(13(16)17-3)14(9-18-10-14)11-6-5-7-15(2)8-11/h11-12H,4-10H2,1-3H3. The maximum atomic E-state index is 12.0. The van der Waals surface area contributed by atoms with Gasteiger partial charge in [-0.3, -0.25) is 4.79 Å². The zero-order chi connectivity index (χ0) is 13.2. The van der Waals surface area contributed by atoms with Crippen LogP contribution >= 0.6 is 0 Å². The van der Waals surface area contributed by atoms with Crippen molar-refractivity contribution in [1.82, 2.24) is 4.90 Å². The highest BCUT2D eigenvalue weighted by Gasteiger charge is 2.54. The van der Waals surface area contributed by atoms with Crippen LogP contribution in [0.1, 0.15) is 26.2 Å². The molecule has 0 amide bonds. The fourth-order valence-corrected chi connectivity index (χ4v) is 3.64. The van der Waals surface area contributed by atoms with Gasteiger partial charge in [-0.05, 0) is 38.8 Å². The molecule has 2 atom stereocenters. The number of hydrogen-bond acceptors (Lipinski definition) is 4. The number of likely N-dealkylation sites (tertiary alicyclic amines) is 1. The lowest BCUT2D eigenvalue weighted by atomic mass is 9.62. The second-order valence-corrected chi connectivity index (χ2v) is 5.81. The highest BCUT2D eigenvalue weighted by Crippen LogP contribution is 2.48. The third-order valence-electron chi connectivity index (χ3n) is 4.77. The van der Waals surface area contributed by atoms with Gasteiger partial charge < -0.3 is 14.4 Å². The Morgan fingerprint density at radius 2 is 2.28 bits per heavy atom. The summed E-state index contributed by atoms with van der Waals surface area (Å²) in [6.07, 6.45) is 3.28. The van der Waals surface area contributed by atoms with Crippen LogP contribution in [0, 0.1) is 17.3 Å². The second kappa shape index (κ2) is 5.57. The monoisotopic (exact) mass is 255 g/mol. The maximum absolute atomic E-state index is 12.0. The molecule has 0 radical (unpaired) electrons. The van der Waals surface area contributed by atoms with E-state index >= 15 is 0 Å². The van der Waals surface area contributed by atoms with E-state index in [0.717, 1.165) is 26.2 Å². The Labute approximate surface area is 110 Å². The van der Waals surface area contributed by atoms with Crippen LogP contribution in [0.3, 0.4) is 0 Å². The molecule has 0 aliphatic carbocycles. The minimum Gasteiger partial charge on any atom is -0.469 e. The van der Waals surface area contributed by atoms with Gasteiger partial charge in [0.25, 0.3) is 0 Å². The zero-order valence-corrected chi connectivity index (χ0v) is 11.8. The fraction of sp³-hybridized carbons (Fsp3) is 0.929. The Hall–Kier alpha value is -0.610. The fourth-order valence-electron chi connectivity index (χ4n) is 3.64. The average molecular weight is 255 g/mol. The number of hydrogen-bond donors (Lipinski definition) is 0. The molecular formula is C14H25NO3. The molecule has 0 aromatic heterocycles. The van der Waals surface area contributed by atoms with Gasteiger partial charge in [-0.2, -0.15) is 0 Å². The summed E-state index contributed by atoms with van der Waals surface area (Å²) < 4.78 is 10.5. The predicted molar refractivity (Wildman–Crippen MR) is 69.3 cm³/mol. The molecule has 0 aromatic carbocycles. The molecular weight excluding hydrogens is 230 g/mol. The van der Waals surface area contributed by atoms with Crippen molar-refractivity contribution in [2.24, 2.45) is 17.3 Å². The third-order valence-corrected chi connectivity index (χ3v) is 4.77. The third kappa shape index (κ3) is 2.28. The second-order valence-electron chi connectivity index (χ2n) is 5.81. The van der Waals surface area contributed by atoms with Gasteiger partial charge in [0.1, 0.15) is 0 Å². The van der Waals surface area contributed by atoms with Gasteiger partial charge in [-0.1, -0.05) is 6.92 Å². The molecule has 4 nitrogen and oxygen atoms in total. The van der Waals surface area contributed by atoms with Gasteiger partial charge in [0.05, 0.1) is 26.2 Å². The summed E-state index contributed by atoms with van der Waals surface area (Å²) in [5, 5.41) is 0. The van der Waals surface area contributed by atoms with E-state index in [4.69, 9.17) is 9.47 Å². The van der Waals surface area contributed by atoms with Crippen molar-refractivity contribution in [3.8, 4) is 0 Å². The van der Waals surface area contributed by atoms with Gasteiger partial charge in [0.15, 0.2) is 0 Å². The van der Waals surface area contributed by atoms with Crippen LogP contribution in [0.2, 0.25) is 0 Å². The van der Waals surface area contributed by atoms with Crippen LogP contribution in [-0.2, 0) is 14.3 Å². The molecule has 2 saturated heterocycles. The van der Waals surface area contributed by atoms with Crippen LogP contribution < -0.4 is 0 Å². The molecule has 2 rings (SSSR count). The van der Waals surface area contributed by atoms with Crippen LogP contribution in [-0.4, -0.2) is 51.3 Å². The van der Waals surface area contributed by atoms with Crippen molar-refractivity contribution in [2.45, 2.75) is 26.2 Å². The molecule has 0 bridgehead atoms. The lowest BCUT2D eigenvalue weighted by Gasteiger charge is -2.53. The van der Waals surface area contributed by atoms with E-state index in [-0.39, 0.29) is 17.3 Å². The first-order chi connectivity index (χ1) is 8.64. The number of methoxy groups -OCH3 is 1. The summed E-state index contributed by atoms with van der Waals surface area (Å²) in [4.78, 5) is 14.4. The minimum atomic E-state index is -0.0611. The molecule has 2 unspecified atom stereocenters. The normalized spacial score (nSPS) is 29.4. The summed E-state index contributed by atoms with van der Waals surface area (Å²) in [6.45, 7) is 5.77. The van der Waals surface area contributed by atoms with Crippen molar-refractivity contribution >= 4 is 5.97 Å². The van der Waals surface area contributed by atoms with Crippen LogP contribution in [0.15, 0.2) is 0 Å². The van der Waals surface area contributed by atoms with Crippen LogP contribution in [0.5, 0.6) is 0 Å². The SMILES string of the molecule is CCC(C(=O)OC)C1(C2CCCN(C)C2)COC1. The molecule has 0 N–H and O–H groups in total. The van der Waals surface area contributed by atoms with Crippen molar-refractivity contribution in [3.63, 3.8) is 0 Å². The smallest absolute Gasteiger partial charge is 0.309 e. The molecule has 104 valence electrons. The van der Waals surface area contributed by atoms with Gasteiger partial charge in [0, 0.05) is 12.0 Å². The van der Waals surface area contributed by atoms with E-state index in [0.29, 0.717) is 5.92 Å². The molecule has 4 heteroatoms. The summed E-state index contributed by atoms with van der Waals surface area (Å²) in [6, 6.07) is 0. The predicted octanol–water partition coefficient (Wildman–Crippen LogP) is 1.54. The minimum absolute atomic E-state index is 0.00671. The van der Waals surface area contributed by atoms with E-state index < -0.39 is 0 Å². The number of carbonyl (C=O) groups is 1. The van der Waals surface area contributed by atoms with Gasteiger partial charge in [-0.15, -0.1) is 0 Å². The van der Waals surface area contributed by atoms with E-state index in [2.05, 4.69) is 18.9 Å². The Bertz CT molecular complexity index is 301. The first-order valence-corrected chi connectivity index (χ1v) is 6.98. The molecule has 0 saturated carbocycles. The first kappa shape index (κ1) is 13.8. The molecule has 2 aliphatic heterocycles. The van der Waals surface area contributed by atoms with Crippen molar-refractivity contribution in [3.05, 3.63) is 0 Å². The Morgan fingerprint density at radius 1 is 1.56 bits per heavy atom. The van der Waals surface area contributed by atoms with Gasteiger partial charge in [0.2, 0.25) is 0 Å². The number of ether oxygens (including phenoxy) is 2. The number of rotatable bonds is 4. The largest absolute Gasteiger partial charge is 0.469 e. The van der Waals surface area contributed by atoms with E-state index in [9.17, 15) is 4.79 Å². The van der Waals surface area contributed by atoms with E-state index in [1.54, 1.807) is 0 Å². The van der Waals surface area contributed by atoms with Gasteiger partial charge >= 0.3 is 5.97 Å². The Kier molecular flexibility index (Phi) is 4.28. The van der Waals surface area contributed by atoms with Gasteiger partial charge in [-0.25, -0.2) is 0 Å². The Balaban J connectivity index is 2.15. The first-order valence-electron chi connectivity index (χ1n) is 6.98. The highest BCUT2D eigenvalue weighted by atomic mass is 16.5. The maximum Gasteiger partial charge on any atom is 0.309 e. The van der Waals surface area contributed by atoms with Crippen LogP contribution in [0.4, 0.5) is 0 Å². The number of nitrogens with zero attached hydrogens (tertiary/aromatic N) is 1. The molecule has 18 heavy (non-hydrogen) atoms. The quantitative estimate of drug-likeness (QED) is 0.714. The summed E-state index contributed by atoms with van der Waals surface area (Å²) >= 11 is 0. The lowest BCUT2D eigenvalue weighted by molar-refractivity contribution is -0.202. The van der Waals surface area contributed by atoms with E-state index in [1.807, 2.05) is 0 Å². The van der Waals surface area contributed by atoms with Crippen LogP contribution in [0.25, 0.3) is 0 Å². The molecule has 0 aromatic rings. The lowest BCUT2D eigenvalue weighted by Crippen LogP contribution is -2.59. The molecule has 2 aliphatic rings. The van der Waals surface area contributed by atoms with Crippen molar-refractivity contribution < 1.29 is 14.3 Å². The summed E-state index contributed by atoms with van der Waals surface area (Å²) in [5.41, 5.74) is 0.0243. The summed E-state index contributed by atoms with van der Waals surface area (Å²) in [5.74, 6) is 0.496. The zero-order valence-electron chi connectivity index (χ0n) is 11.8. The average Bonchev–Trinajstić information content (AvgIpc) is 2.32. The molecule has 2 heterocycles. The van der Waals surface area contributed by atoms with Crippen molar-refractivity contribution in [2.75, 3.05) is 40.5 Å². The van der Waals surface area contributed by atoms with E-state index in [1.165, 1.54) is 26.5 Å². The highest BCUT2D eigenvalue weighted by molar-refractivity contribution is 5.73. The van der Waals surface area contributed by atoms with Crippen molar-refractivity contribution in [1.29, 1.82) is 0 Å². The number of esters is 1. The number of piperidine rings is 1. The Morgan fingerprint density at radius 3 is 2.72 bits per heavy atom. The summed E-state index contributed by atoms with van der Waals surface area (Å²) in [7, 11) is 3.66. The number of carbonyl (C=O) groups excluding carboxylic acids is 1. The topological polar surface area (TPSA) is 38.8 Å².